The largest absolute Gasteiger partial charge is 0.480 e. The van der Waals surface area contributed by atoms with Crippen LogP contribution in [0.4, 0.5) is 0 Å². The predicted octanol–water partition coefficient (Wildman–Crippen LogP) is 7.54. The summed E-state index contributed by atoms with van der Waals surface area (Å²) >= 11 is 0. The van der Waals surface area contributed by atoms with Gasteiger partial charge in [-0.15, -0.1) is 0 Å². The molecule has 0 saturated carbocycles. The third-order valence-electron chi connectivity index (χ3n) is 7.27. The van der Waals surface area contributed by atoms with Crippen molar-refractivity contribution in [2.24, 2.45) is 0 Å². The molecule has 0 unspecified atom stereocenters. The molecule has 0 bridgehead atoms. The Kier molecular flexibility index (Phi) is 4.99. The van der Waals surface area contributed by atoms with Gasteiger partial charge in [0.15, 0.2) is 11.9 Å². The van der Waals surface area contributed by atoms with Gasteiger partial charge in [-0.05, 0) is 71.2 Å². The summed E-state index contributed by atoms with van der Waals surface area (Å²) in [5.41, 5.74) is 7.86. The summed E-state index contributed by atoms with van der Waals surface area (Å²) in [7, 11) is 0. The Morgan fingerprint density at radius 1 is 0.882 bits per heavy atom. The lowest BCUT2D eigenvalue weighted by atomic mass is 9.76. The predicted molar refractivity (Wildman–Crippen MR) is 138 cm³/mol. The van der Waals surface area contributed by atoms with E-state index in [0.717, 1.165) is 45.8 Å². The van der Waals surface area contributed by atoms with Crippen LogP contribution in [-0.2, 0) is 15.6 Å². The van der Waals surface area contributed by atoms with Crippen LogP contribution < -0.4 is 9.47 Å². The lowest BCUT2D eigenvalue weighted by Crippen LogP contribution is -2.38. The number of rotatable bonds is 1. The summed E-state index contributed by atoms with van der Waals surface area (Å²) in [6.45, 7) is 17.3. The van der Waals surface area contributed by atoms with Crippen LogP contribution in [0.25, 0.3) is 11.6 Å². The first-order valence-electron chi connectivity index (χ1n) is 12.2. The monoisotopic (exact) mass is 454 g/mol. The normalized spacial score (nSPS) is 19.5. The molecule has 0 amide bonds. The van der Waals surface area contributed by atoms with Crippen LogP contribution in [0.1, 0.15) is 84.1 Å². The molecule has 0 radical (unpaired) electrons. The maximum absolute atomic E-state index is 13.9. The van der Waals surface area contributed by atoms with E-state index in [1.807, 2.05) is 12.1 Å². The smallest absolute Gasteiger partial charge is 0.197 e. The maximum Gasteiger partial charge on any atom is 0.197 e. The van der Waals surface area contributed by atoms with Crippen LogP contribution in [0.2, 0.25) is 0 Å². The van der Waals surface area contributed by atoms with E-state index in [2.05, 4.69) is 85.7 Å². The number of carbonyl (C=O) groups excluding carboxylic acids is 1. The molecule has 0 saturated heterocycles. The number of hydrogen-bond donors (Lipinski definition) is 0. The van der Waals surface area contributed by atoms with E-state index in [1.54, 1.807) is 0 Å². The number of ketones is 1. The number of fused-ring (bicyclic) bond motifs is 4. The highest BCUT2D eigenvalue weighted by Crippen LogP contribution is 2.48. The zero-order valence-electron chi connectivity index (χ0n) is 21.6. The SMILES string of the molecule is CCC1=C2Oc3ccc(C(C)(C)C)cc3C=C2C(=O)C2=C(C)c3cc(C(C)(C)C)ccc3O[C@H]12. The van der Waals surface area contributed by atoms with Gasteiger partial charge in [0.05, 0.1) is 5.57 Å². The maximum atomic E-state index is 13.9. The van der Waals surface area contributed by atoms with Gasteiger partial charge in [0.1, 0.15) is 17.3 Å². The number of benzene rings is 2. The van der Waals surface area contributed by atoms with Crippen LogP contribution in [0.5, 0.6) is 11.5 Å². The molecule has 0 N–H and O–H groups in total. The highest BCUT2D eigenvalue weighted by atomic mass is 16.5. The van der Waals surface area contributed by atoms with Crippen LogP contribution >= 0.6 is 0 Å². The van der Waals surface area contributed by atoms with Crippen molar-refractivity contribution in [1.29, 1.82) is 0 Å². The summed E-state index contributed by atoms with van der Waals surface area (Å²) in [6.07, 6.45) is 2.35. The Hall–Kier alpha value is -3.07. The van der Waals surface area contributed by atoms with Crippen LogP contribution in [0.3, 0.4) is 0 Å². The van der Waals surface area contributed by atoms with Crippen molar-refractivity contribution >= 4 is 17.4 Å². The Morgan fingerprint density at radius 3 is 2.12 bits per heavy atom. The van der Waals surface area contributed by atoms with Crippen LogP contribution in [0.15, 0.2) is 58.9 Å². The first-order chi connectivity index (χ1) is 15.9. The van der Waals surface area contributed by atoms with E-state index in [4.69, 9.17) is 9.47 Å². The van der Waals surface area contributed by atoms with E-state index in [-0.39, 0.29) is 16.6 Å². The number of Topliss-reactive ketones (excluding diaryl/α,β-unsaturated/α-hetero) is 1. The molecule has 3 aliphatic rings. The minimum atomic E-state index is -0.409. The number of carbonyl (C=O) groups is 1. The van der Waals surface area contributed by atoms with Gasteiger partial charge >= 0.3 is 0 Å². The average Bonchev–Trinajstić information content (AvgIpc) is 2.76. The fourth-order valence-electron chi connectivity index (χ4n) is 5.08. The first-order valence-corrected chi connectivity index (χ1v) is 12.2. The molecule has 0 fully saturated rings. The fourth-order valence-corrected chi connectivity index (χ4v) is 5.08. The van der Waals surface area contributed by atoms with E-state index in [0.29, 0.717) is 11.3 Å². The van der Waals surface area contributed by atoms with Gasteiger partial charge < -0.3 is 9.47 Å². The zero-order valence-corrected chi connectivity index (χ0v) is 21.6. The van der Waals surface area contributed by atoms with Crippen molar-refractivity contribution in [2.75, 3.05) is 0 Å². The minimum absolute atomic E-state index is 0.00771. The second kappa shape index (κ2) is 7.46. The molecule has 1 aliphatic carbocycles. The molecule has 34 heavy (non-hydrogen) atoms. The second-order valence-electron chi connectivity index (χ2n) is 11.7. The van der Waals surface area contributed by atoms with Crippen molar-refractivity contribution in [3.05, 3.63) is 81.1 Å². The van der Waals surface area contributed by atoms with Crippen LogP contribution in [0, 0.1) is 0 Å². The van der Waals surface area contributed by atoms with Gasteiger partial charge in [-0.2, -0.15) is 0 Å². The molecule has 5 rings (SSSR count). The standard InChI is InChI=1S/C31H34O3/c1-9-21-28-23(15-18-14-19(30(3,4)5)10-12-24(18)33-28)27(32)26-17(2)22-16-20(31(6,7)8)11-13-25(22)34-29(21)26/h10-16,29H,9H2,1-8H3/t29-/m1/s1. The molecule has 2 aromatic carbocycles. The highest BCUT2D eigenvalue weighted by Gasteiger charge is 2.43. The summed E-state index contributed by atoms with van der Waals surface area (Å²) in [5, 5.41) is 0. The van der Waals surface area contributed by atoms with Crippen LogP contribution in [-0.4, -0.2) is 11.9 Å². The molecule has 1 atom stereocenters. The molecule has 3 heteroatoms. The van der Waals surface area contributed by atoms with E-state index < -0.39 is 6.10 Å². The van der Waals surface area contributed by atoms with Crippen molar-refractivity contribution < 1.29 is 14.3 Å². The van der Waals surface area contributed by atoms with Gasteiger partial charge in [0, 0.05) is 22.3 Å². The van der Waals surface area contributed by atoms with Crippen molar-refractivity contribution in [1.82, 2.24) is 0 Å². The molecule has 2 heterocycles. The molecular formula is C31H34O3. The third-order valence-corrected chi connectivity index (χ3v) is 7.27. The zero-order chi connectivity index (χ0) is 24.6. The van der Waals surface area contributed by atoms with Crippen molar-refractivity contribution in [3.8, 4) is 11.5 Å². The molecule has 176 valence electrons. The fraction of sp³-hybridized carbons (Fsp3) is 0.387. The summed E-state index contributed by atoms with van der Waals surface area (Å²) in [6, 6.07) is 12.6. The number of hydrogen-bond acceptors (Lipinski definition) is 3. The Balaban J connectivity index is 1.69. The molecular weight excluding hydrogens is 420 g/mol. The number of ether oxygens (including phenoxy) is 2. The van der Waals surface area contributed by atoms with Crippen molar-refractivity contribution in [2.45, 2.75) is 78.7 Å². The quantitative estimate of drug-likeness (QED) is 0.446. The number of allylic oxidation sites excluding steroid dienone is 2. The van der Waals surface area contributed by atoms with E-state index in [1.165, 1.54) is 11.1 Å². The third kappa shape index (κ3) is 3.45. The average molecular weight is 455 g/mol. The molecule has 0 spiro atoms. The van der Waals surface area contributed by atoms with E-state index in [9.17, 15) is 4.79 Å². The van der Waals surface area contributed by atoms with Gasteiger partial charge in [0.25, 0.3) is 0 Å². The minimum Gasteiger partial charge on any atom is -0.480 e. The Labute approximate surface area is 203 Å². The molecule has 0 aromatic heterocycles. The molecule has 2 aliphatic heterocycles. The summed E-state index contributed by atoms with van der Waals surface area (Å²) in [4.78, 5) is 13.9. The second-order valence-corrected chi connectivity index (χ2v) is 11.7. The van der Waals surface area contributed by atoms with Gasteiger partial charge in [0.2, 0.25) is 0 Å². The lowest BCUT2D eigenvalue weighted by molar-refractivity contribution is -0.113. The summed E-state index contributed by atoms with van der Waals surface area (Å²) < 4.78 is 12.9. The van der Waals surface area contributed by atoms with Gasteiger partial charge in [-0.25, -0.2) is 0 Å². The lowest BCUT2D eigenvalue weighted by Gasteiger charge is -2.37. The molecule has 3 nitrogen and oxygen atoms in total. The van der Waals surface area contributed by atoms with E-state index >= 15 is 0 Å². The topological polar surface area (TPSA) is 35.5 Å². The van der Waals surface area contributed by atoms with Crippen molar-refractivity contribution in [3.63, 3.8) is 0 Å². The first kappa shape index (κ1) is 22.7. The summed E-state index contributed by atoms with van der Waals surface area (Å²) in [5.74, 6) is 2.30. The highest BCUT2D eigenvalue weighted by molar-refractivity contribution is 6.20. The Morgan fingerprint density at radius 2 is 1.50 bits per heavy atom. The van der Waals surface area contributed by atoms with Gasteiger partial charge in [-0.1, -0.05) is 60.6 Å². The Bertz CT molecular complexity index is 1320. The van der Waals surface area contributed by atoms with Gasteiger partial charge in [-0.3, -0.25) is 4.79 Å². The molecule has 2 aromatic rings.